The van der Waals surface area contributed by atoms with Crippen LogP contribution in [0.25, 0.3) is 0 Å². The molecule has 0 saturated heterocycles. The highest BCUT2D eigenvalue weighted by molar-refractivity contribution is 5.71. The van der Waals surface area contributed by atoms with Gasteiger partial charge in [-0.25, -0.2) is 0 Å². The van der Waals surface area contributed by atoms with E-state index in [4.69, 9.17) is 14.2 Å². The Balaban J connectivity index is 4.43. The molecule has 0 aromatic carbocycles. The molecule has 0 bridgehead atoms. The van der Waals surface area contributed by atoms with Crippen molar-refractivity contribution in [3.8, 4) is 0 Å². The highest BCUT2D eigenvalue weighted by atomic mass is 16.6. The van der Waals surface area contributed by atoms with E-state index in [1.807, 2.05) is 0 Å². The number of ether oxygens (including phenoxy) is 3. The van der Waals surface area contributed by atoms with E-state index in [2.05, 4.69) is 93.7 Å². The first kappa shape index (κ1) is 58.9. The molecule has 0 heterocycles. The van der Waals surface area contributed by atoms with Crippen LogP contribution in [0.2, 0.25) is 0 Å². The van der Waals surface area contributed by atoms with Crippen LogP contribution in [0.5, 0.6) is 0 Å². The van der Waals surface area contributed by atoms with Gasteiger partial charge in [-0.05, 0) is 89.9 Å². The molecule has 62 heavy (non-hydrogen) atoms. The molecule has 0 aliphatic carbocycles. The molecule has 356 valence electrons. The second kappa shape index (κ2) is 50.5. The molecule has 0 aromatic rings. The second-order valence-corrected chi connectivity index (χ2v) is 17.1. The molecule has 0 spiro atoms. The fourth-order valence-corrected chi connectivity index (χ4v) is 7.05. The lowest BCUT2D eigenvalue weighted by molar-refractivity contribution is -0.167. The Morgan fingerprint density at radius 3 is 1.03 bits per heavy atom. The van der Waals surface area contributed by atoms with Gasteiger partial charge in [-0.3, -0.25) is 14.4 Å². The van der Waals surface area contributed by atoms with Gasteiger partial charge in [0.2, 0.25) is 0 Å². The van der Waals surface area contributed by atoms with Crippen LogP contribution in [0.4, 0.5) is 0 Å². The summed E-state index contributed by atoms with van der Waals surface area (Å²) in [7, 11) is 0. The van der Waals surface area contributed by atoms with Gasteiger partial charge in [-0.15, -0.1) is 0 Å². The summed E-state index contributed by atoms with van der Waals surface area (Å²) >= 11 is 0. The second-order valence-electron chi connectivity index (χ2n) is 17.1. The van der Waals surface area contributed by atoms with Crippen molar-refractivity contribution in [2.75, 3.05) is 13.2 Å². The van der Waals surface area contributed by atoms with Gasteiger partial charge in [0, 0.05) is 19.3 Å². The minimum absolute atomic E-state index is 0.0878. The van der Waals surface area contributed by atoms with Crippen LogP contribution in [-0.2, 0) is 28.6 Å². The highest BCUT2D eigenvalue weighted by Crippen LogP contribution is 2.14. The monoisotopic (exact) mass is 865 g/mol. The van der Waals surface area contributed by atoms with E-state index in [1.54, 1.807) is 0 Å². The molecule has 0 fully saturated rings. The van der Waals surface area contributed by atoms with Crippen molar-refractivity contribution >= 4 is 17.9 Å². The maximum atomic E-state index is 12.8. The van der Waals surface area contributed by atoms with Gasteiger partial charge in [0.1, 0.15) is 13.2 Å². The van der Waals surface area contributed by atoms with Crippen LogP contribution >= 0.6 is 0 Å². The van der Waals surface area contributed by atoms with Crippen LogP contribution in [-0.4, -0.2) is 37.2 Å². The number of carbonyl (C=O) groups excluding carboxylic acids is 3. The van der Waals surface area contributed by atoms with E-state index >= 15 is 0 Å². The van der Waals surface area contributed by atoms with Crippen molar-refractivity contribution in [1.29, 1.82) is 0 Å². The number of unbranched alkanes of at least 4 members (excludes halogenated alkanes) is 23. The number of carbonyl (C=O) groups is 3. The number of allylic oxidation sites excluding steroid dienone is 12. The third kappa shape index (κ3) is 47.9. The zero-order chi connectivity index (χ0) is 45.1. The van der Waals surface area contributed by atoms with Gasteiger partial charge in [-0.2, -0.15) is 0 Å². The van der Waals surface area contributed by atoms with E-state index in [0.29, 0.717) is 19.3 Å². The summed E-state index contributed by atoms with van der Waals surface area (Å²) in [6.45, 7) is 6.47. The zero-order valence-electron chi connectivity index (χ0n) is 40.6. The summed E-state index contributed by atoms with van der Waals surface area (Å²) in [5.41, 5.74) is 0. The lowest BCUT2D eigenvalue weighted by atomic mass is 10.0. The lowest BCUT2D eigenvalue weighted by Crippen LogP contribution is -2.30. The van der Waals surface area contributed by atoms with Crippen molar-refractivity contribution in [2.45, 2.75) is 252 Å². The van der Waals surface area contributed by atoms with Crippen LogP contribution in [0.3, 0.4) is 0 Å². The Bertz CT molecular complexity index is 1180. The average molecular weight is 865 g/mol. The summed E-state index contributed by atoms with van der Waals surface area (Å²) in [6.07, 6.45) is 63.1. The number of rotatable bonds is 46. The van der Waals surface area contributed by atoms with Crippen LogP contribution in [0.1, 0.15) is 245 Å². The zero-order valence-corrected chi connectivity index (χ0v) is 40.6. The first-order chi connectivity index (χ1) is 30.5. The SMILES string of the molecule is CC/C=C\C/C=C\C/C=C\C/C=C\C/C=C\CCCCCC(=O)OC[C@@H](COC(=O)CCCCCCCCCCCCCC)OC(=O)CCCCCCC/C=C\CCCCCC. The van der Waals surface area contributed by atoms with E-state index < -0.39 is 6.10 Å². The Morgan fingerprint density at radius 1 is 0.339 bits per heavy atom. The number of esters is 3. The third-order valence-corrected chi connectivity index (χ3v) is 10.9. The fraction of sp³-hybridized carbons (Fsp3) is 0.732. The molecule has 0 N–H and O–H groups in total. The summed E-state index contributed by atoms with van der Waals surface area (Å²) < 4.78 is 16.8. The molecule has 0 rings (SSSR count). The fourth-order valence-electron chi connectivity index (χ4n) is 7.05. The lowest BCUT2D eigenvalue weighted by Gasteiger charge is -2.18. The van der Waals surface area contributed by atoms with Crippen molar-refractivity contribution in [3.05, 3.63) is 72.9 Å². The number of hydrogen-bond donors (Lipinski definition) is 0. The van der Waals surface area contributed by atoms with E-state index in [9.17, 15) is 14.4 Å². The van der Waals surface area contributed by atoms with Crippen molar-refractivity contribution < 1.29 is 28.6 Å². The quantitative estimate of drug-likeness (QED) is 0.0262. The normalized spacial score (nSPS) is 12.6. The van der Waals surface area contributed by atoms with E-state index in [1.165, 1.54) is 96.3 Å². The summed E-state index contributed by atoms with van der Waals surface area (Å²) in [5.74, 6) is -0.928. The van der Waals surface area contributed by atoms with E-state index in [-0.39, 0.29) is 31.1 Å². The van der Waals surface area contributed by atoms with Crippen LogP contribution < -0.4 is 0 Å². The van der Waals surface area contributed by atoms with Gasteiger partial charge in [0.25, 0.3) is 0 Å². The molecule has 6 nitrogen and oxygen atoms in total. The van der Waals surface area contributed by atoms with Crippen molar-refractivity contribution in [3.63, 3.8) is 0 Å². The molecule has 0 radical (unpaired) electrons. The Kier molecular flexibility index (Phi) is 47.9. The summed E-state index contributed by atoms with van der Waals surface area (Å²) in [5, 5.41) is 0. The first-order valence-corrected chi connectivity index (χ1v) is 25.9. The van der Waals surface area contributed by atoms with Gasteiger partial charge >= 0.3 is 17.9 Å². The average Bonchev–Trinajstić information content (AvgIpc) is 3.27. The Labute approximate surface area is 382 Å². The largest absolute Gasteiger partial charge is 0.462 e. The molecule has 0 saturated carbocycles. The van der Waals surface area contributed by atoms with Crippen molar-refractivity contribution in [1.82, 2.24) is 0 Å². The molecule has 0 aliphatic heterocycles. The first-order valence-electron chi connectivity index (χ1n) is 25.9. The summed E-state index contributed by atoms with van der Waals surface area (Å²) in [4.78, 5) is 37.9. The predicted molar refractivity (Wildman–Crippen MR) is 265 cm³/mol. The molecule has 0 unspecified atom stereocenters. The Morgan fingerprint density at radius 2 is 0.629 bits per heavy atom. The van der Waals surface area contributed by atoms with Gasteiger partial charge < -0.3 is 14.2 Å². The molecular weight excluding hydrogens is 769 g/mol. The molecule has 1 atom stereocenters. The van der Waals surface area contributed by atoms with Crippen LogP contribution in [0.15, 0.2) is 72.9 Å². The van der Waals surface area contributed by atoms with Crippen molar-refractivity contribution in [2.24, 2.45) is 0 Å². The van der Waals surface area contributed by atoms with Crippen LogP contribution in [0, 0.1) is 0 Å². The van der Waals surface area contributed by atoms with Gasteiger partial charge in [0.05, 0.1) is 0 Å². The topological polar surface area (TPSA) is 78.9 Å². The minimum atomic E-state index is -0.790. The molecule has 6 heteroatoms. The predicted octanol–water partition coefficient (Wildman–Crippen LogP) is 17.0. The maximum Gasteiger partial charge on any atom is 0.306 e. The molecule has 0 aromatic heterocycles. The highest BCUT2D eigenvalue weighted by Gasteiger charge is 2.19. The summed E-state index contributed by atoms with van der Waals surface area (Å²) in [6, 6.07) is 0. The van der Waals surface area contributed by atoms with Gasteiger partial charge in [-0.1, -0.05) is 209 Å². The van der Waals surface area contributed by atoms with Gasteiger partial charge in [0.15, 0.2) is 6.10 Å². The van der Waals surface area contributed by atoms with E-state index in [0.717, 1.165) is 109 Å². The maximum absolute atomic E-state index is 12.8. The Hall–Kier alpha value is -3.15. The molecular formula is C56H96O6. The minimum Gasteiger partial charge on any atom is -0.462 e. The standard InChI is InChI=1S/C56H96O6/c1-4-7-10-13-16-19-22-25-26-27-28-29-30-32-34-37-40-43-46-49-55(58)61-52-53(51-60-54(57)48-45-42-39-36-33-24-21-18-15-12-9-6-3)62-56(59)50-47-44-41-38-35-31-23-20-17-14-11-8-5-2/h7,10,16,19-20,23,25-26,28-29,32,34,53H,4-6,8-9,11-15,17-18,21-22,24,27,30-31,33,35-52H2,1-3H3/b10-7-,19-16-,23-20-,26-25-,29-28-,34-32-/t53-/m1/s1. The number of hydrogen-bond acceptors (Lipinski definition) is 6. The molecule has 0 amide bonds. The molecule has 0 aliphatic rings. The third-order valence-electron chi connectivity index (χ3n) is 10.9. The smallest absolute Gasteiger partial charge is 0.306 e.